The first-order chi connectivity index (χ1) is 9.67. The number of nitrogens with one attached hydrogen (secondary N) is 1. The predicted molar refractivity (Wildman–Crippen MR) is 69.2 cm³/mol. The predicted octanol–water partition coefficient (Wildman–Crippen LogP) is 2.69. The molecule has 0 bridgehead atoms. The van der Waals surface area contributed by atoms with Crippen molar-refractivity contribution >= 4 is 23.0 Å². The molecule has 2 rings (SSSR count). The maximum absolute atomic E-state index is 12.7. The Morgan fingerprint density at radius 3 is 2.71 bits per heavy atom. The van der Waals surface area contributed by atoms with Crippen LogP contribution in [0.25, 0.3) is 0 Å². The van der Waals surface area contributed by atoms with E-state index in [0.29, 0.717) is 0 Å². The van der Waals surface area contributed by atoms with Crippen molar-refractivity contribution in [3.8, 4) is 0 Å². The fourth-order valence-electron chi connectivity index (χ4n) is 2.23. The summed E-state index contributed by atoms with van der Waals surface area (Å²) >= 11 is 0. The van der Waals surface area contributed by atoms with Gasteiger partial charge in [0.2, 0.25) is 5.91 Å². The van der Waals surface area contributed by atoms with Crippen molar-refractivity contribution in [2.45, 2.75) is 25.6 Å². The Balaban J connectivity index is 2.51. The fourth-order valence-corrected chi connectivity index (χ4v) is 2.23. The van der Waals surface area contributed by atoms with Crippen molar-refractivity contribution in [1.29, 1.82) is 0 Å². The molecular weight excluding hydrogens is 291 g/mol. The zero-order chi connectivity index (χ0) is 15.8. The second-order valence-electron chi connectivity index (χ2n) is 4.80. The number of amides is 1. The fraction of sp³-hybridized carbons (Fsp3) is 0.417. The Morgan fingerprint density at radius 1 is 1.48 bits per heavy atom. The van der Waals surface area contributed by atoms with Gasteiger partial charge in [0, 0.05) is 24.6 Å². The third kappa shape index (κ3) is 3.41. The molecule has 1 aliphatic rings. The van der Waals surface area contributed by atoms with Gasteiger partial charge in [0.1, 0.15) is 6.54 Å². The topological polar surface area (TPSA) is 75.5 Å². The van der Waals surface area contributed by atoms with Gasteiger partial charge in [-0.3, -0.25) is 14.9 Å². The Hall–Kier alpha value is -2.32. The van der Waals surface area contributed by atoms with E-state index in [1.165, 1.54) is 13.0 Å². The van der Waals surface area contributed by atoms with Gasteiger partial charge in [-0.25, -0.2) is 0 Å². The van der Waals surface area contributed by atoms with Crippen molar-refractivity contribution in [1.82, 2.24) is 0 Å². The Morgan fingerprint density at radius 2 is 2.14 bits per heavy atom. The van der Waals surface area contributed by atoms with E-state index in [0.717, 1.165) is 17.0 Å². The number of halogens is 3. The number of rotatable bonds is 2. The highest BCUT2D eigenvalue weighted by Gasteiger charge is 2.36. The number of hydrogen-bond donors (Lipinski definition) is 1. The van der Waals surface area contributed by atoms with Crippen molar-refractivity contribution in [2.24, 2.45) is 0 Å². The van der Waals surface area contributed by atoms with E-state index in [1.807, 2.05) is 0 Å². The van der Waals surface area contributed by atoms with Gasteiger partial charge in [0.25, 0.3) is 5.69 Å². The van der Waals surface area contributed by atoms with Crippen LogP contribution in [0.15, 0.2) is 18.2 Å². The molecule has 1 atom stereocenters. The van der Waals surface area contributed by atoms with Gasteiger partial charge in [-0.05, 0) is 13.0 Å². The average molecular weight is 303 g/mol. The van der Waals surface area contributed by atoms with Gasteiger partial charge in [-0.1, -0.05) is 0 Å². The van der Waals surface area contributed by atoms with Crippen LogP contribution in [0.1, 0.15) is 13.3 Å². The van der Waals surface area contributed by atoms with Gasteiger partial charge < -0.3 is 10.2 Å². The number of non-ortho nitro benzene ring substituents is 1. The first kappa shape index (κ1) is 15.1. The molecule has 1 aromatic carbocycles. The summed E-state index contributed by atoms with van der Waals surface area (Å²) < 4.78 is 38.1. The van der Waals surface area contributed by atoms with Crippen LogP contribution in [-0.2, 0) is 4.79 Å². The smallest absolute Gasteiger partial charge is 0.357 e. The maximum atomic E-state index is 12.7. The third-order valence-electron chi connectivity index (χ3n) is 3.14. The Kier molecular flexibility index (Phi) is 3.75. The van der Waals surface area contributed by atoms with Crippen molar-refractivity contribution < 1.29 is 22.9 Å². The summed E-state index contributed by atoms with van der Waals surface area (Å²) in [6.07, 6.45) is -4.61. The summed E-state index contributed by atoms with van der Waals surface area (Å²) in [5, 5.41) is 13.3. The van der Waals surface area contributed by atoms with Crippen molar-refractivity contribution in [3.05, 3.63) is 28.3 Å². The van der Waals surface area contributed by atoms with Crippen LogP contribution >= 0.6 is 0 Å². The third-order valence-corrected chi connectivity index (χ3v) is 3.14. The molecule has 0 saturated carbocycles. The van der Waals surface area contributed by atoms with E-state index in [4.69, 9.17) is 0 Å². The molecule has 1 aliphatic heterocycles. The molecule has 114 valence electrons. The highest BCUT2D eigenvalue weighted by atomic mass is 19.4. The van der Waals surface area contributed by atoms with Crippen LogP contribution in [0, 0.1) is 10.1 Å². The molecule has 0 aliphatic carbocycles. The van der Waals surface area contributed by atoms with Crippen LogP contribution in [-0.4, -0.2) is 29.6 Å². The first-order valence-corrected chi connectivity index (χ1v) is 6.09. The molecular formula is C12H12F3N3O3. The number of nitro groups is 1. The van der Waals surface area contributed by atoms with Gasteiger partial charge in [0.15, 0.2) is 0 Å². The van der Waals surface area contributed by atoms with Crippen LogP contribution in [0.3, 0.4) is 0 Å². The molecule has 1 heterocycles. The number of carbonyl (C=O) groups is 1. The number of hydrogen-bond acceptors (Lipinski definition) is 4. The largest absolute Gasteiger partial charge is 0.405 e. The number of fused-ring (bicyclic) bond motifs is 1. The quantitative estimate of drug-likeness (QED) is 0.673. The summed E-state index contributed by atoms with van der Waals surface area (Å²) in [6.45, 7) is 0.191. The molecule has 0 fully saturated rings. The summed E-state index contributed by atoms with van der Waals surface area (Å²) in [5.74, 6) is -0.428. The van der Waals surface area contributed by atoms with E-state index < -0.39 is 29.6 Å². The second-order valence-corrected chi connectivity index (χ2v) is 4.80. The molecule has 0 spiro atoms. The highest BCUT2D eigenvalue weighted by molar-refractivity contribution is 5.97. The molecule has 6 nitrogen and oxygen atoms in total. The SMILES string of the molecule is C[C@@H]1CC(=O)Nc2ccc([N+](=O)[O-])cc2N1CC(F)(F)F. The number of carbonyl (C=O) groups excluding carboxylic acids is 1. The zero-order valence-corrected chi connectivity index (χ0v) is 11.0. The standard InChI is InChI=1S/C12H12F3N3O3/c1-7-4-11(19)16-9-3-2-8(18(20)21)5-10(9)17(7)6-12(13,14)15/h2-3,5,7H,4,6H2,1H3,(H,16,19)/t7-/m1/s1. The zero-order valence-electron chi connectivity index (χ0n) is 11.0. The number of benzene rings is 1. The van der Waals surface area contributed by atoms with E-state index in [-0.39, 0.29) is 23.5 Å². The van der Waals surface area contributed by atoms with E-state index in [1.54, 1.807) is 0 Å². The first-order valence-electron chi connectivity index (χ1n) is 6.09. The minimum absolute atomic E-state index is 0.000116. The summed E-state index contributed by atoms with van der Waals surface area (Å²) in [6, 6.07) is 2.70. The van der Waals surface area contributed by atoms with Crippen LogP contribution in [0.4, 0.5) is 30.2 Å². The van der Waals surface area contributed by atoms with Crippen LogP contribution < -0.4 is 10.2 Å². The maximum Gasteiger partial charge on any atom is 0.405 e. The summed E-state index contributed by atoms with van der Waals surface area (Å²) in [5.41, 5.74) is -0.191. The Labute approximate surface area is 117 Å². The lowest BCUT2D eigenvalue weighted by molar-refractivity contribution is -0.384. The van der Waals surface area contributed by atoms with Gasteiger partial charge in [-0.15, -0.1) is 0 Å². The minimum atomic E-state index is -4.48. The molecule has 1 amide bonds. The summed E-state index contributed by atoms with van der Waals surface area (Å²) in [4.78, 5) is 22.7. The summed E-state index contributed by atoms with van der Waals surface area (Å²) in [7, 11) is 0. The van der Waals surface area contributed by atoms with E-state index in [9.17, 15) is 28.1 Å². The lowest BCUT2D eigenvalue weighted by atomic mass is 10.1. The average Bonchev–Trinajstić information content (AvgIpc) is 2.44. The number of anilines is 2. The highest BCUT2D eigenvalue weighted by Crippen LogP contribution is 2.36. The lowest BCUT2D eigenvalue weighted by Crippen LogP contribution is -2.40. The number of nitrogens with zero attached hydrogens (tertiary/aromatic N) is 2. The second kappa shape index (κ2) is 5.23. The monoisotopic (exact) mass is 303 g/mol. The van der Waals surface area contributed by atoms with E-state index in [2.05, 4.69) is 5.32 Å². The lowest BCUT2D eigenvalue weighted by Gasteiger charge is -2.30. The normalized spacial score (nSPS) is 18.8. The minimum Gasteiger partial charge on any atom is -0.357 e. The van der Waals surface area contributed by atoms with Crippen molar-refractivity contribution in [3.63, 3.8) is 0 Å². The molecule has 0 aromatic heterocycles. The molecule has 1 N–H and O–H groups in total. The Bertz CT molecular complexity index is 589. The molecule has 1 aromatic rings. The number of nitro benzene ring substituents is 1. The molecule has 21 heavy (non-hydrogen) atoms. The number of alkyl halides is 3. The van der Waals surface area contributed by atoms with Gasteiger partial charge in [-0.2, -0.15) is 13.2 Å². The van der Waals surface area contributed by atoms with Crippen LogP contribution in [0.2, 0.25) is 0 Å². The van der Waals surface area contributed by atoms with Crippen molar-refractivity contribution in [2.75, 3.05) is 16.8 Å². The molecule has 0 radical (unpaired) electrons. The van der Waals surface area contributed by atoms with Crippen LogP contribution in [0.5, 0.6) is 0 Å². The van der Waals surface area contributed by atoms with Gasteiger partial charge >= 0.3 is 6.18 Å². The molecule has 0 saturated heterocycles. The molecule has 0 unspecified atom stereocenters. The van der Waals surface area contributed by atoms with Gasteiger partial charge in [0.05, 0.1) is 16.3 Å². The molecule has 9 heteroatoms. The van der Waals surface area contributed by atoms with E-state index >= 15 is 0 Å².